The molecule has 116 valence electrons. The van der Waals surface area contributed by atoms with E-state index in [0.29, 0.717) is 6.54 Å². The zero-order valence-corrected chi connectivity index (χ0v) is 15.7. The Morgan fingerprint density at radius 1 is 1.43 bits per heavy atom. The average molecular weight is 419 g/mol. The topological polar surface area (TPSA) is 54.2 Å². The first-order chi connectivity index (χ1) is 9.69. The number of nitrogens with one attached hydrogen (secondary N) is 2. The first kappa shape index (κ1) is 18.0. The molecule has 2 heterocycles. The lowest BCUT2D eigenvalue weighted by molar-refractivity contribution is 0.766. The van der Waals surface area contributed by atoms with Crippen molar-refractivity contribution in [1.82, 2.24) is 20.4 Å². The Balaban J connectivity index is 0.00000220. The van der Waals surface area contributed by atoms with E-state index in [1.165, 1.54) is 10.4 Å². The smallest absolute Gasteiger partial charge is 0.191 e. The van der Waals surface area contributed by atoms with E-state index in [2.05, 4.69) is 46.0 Å². The van der Waals surface area contributed by atoms with Gasteiger partial charge in [-0.15, -0.1) is 35.3 Å². The highest BCUT2D eigenvalue weighted by Gasteiger charge is 2.02. The molecule has 21 heavy (non-hydrogen) atoms. The molecule has 0 fully saturated rings. The molecule has 0 saturated carbocycles. The fourth-order valence-corrected chi connectivity index (χ4v) is 2.66. The maximum atomic E-state index is 4.57. The third-order valence-electron chi connectivity index (χ3n) is 2.91. The van der Waals surface area contributed by atoms with Gasteiger partial charge in [0.25, 0.3) is 0 Å². The van der Waals surface area contributed by atoms with Crippen LogP contribution < -0.4 is 10.6 Å². The van der Waals surface area contributed by atoms with Crippen LogP contribution in [0.4, 0.5) is 0 Å². The Kier molecular flexibility index (Phi) is 7.73. The van der Waals surface area contributed by atoms with Crippen LogP contribution in [0.5, 0.6) is 0 Å². The Bertz CT molecular complexity index is 575. The zero-order chi connectivity index (χ0) is 14.4. The molecule has 0 amide bonds. The molecule has 0 spiro atoms. The van der Waals surface area contributed by atoms with Crippen LogP contribution >= 0.6 is 35.3 Å². The van der Waals surface area contributed by atoms with E-state index < -0.39 is 0 Å². The number of rotatable bonds is 5. The molecule has 0 bridgehead atoms. The van der Waals surface area contributed by atoms with E-state index in [4.69, 9.17) is 0 Å². The highest BCUT2D eigenvalue weighted by atomic mass is 127. The summed E-state index contributed by atoms with van der Waals surface area (Å²) in [5.74, 6) is 0.837. The number of aromatic nitrogens is 2. The van der Waals surface area contributed by atoms with Crippen molar-refractivity contribution in [2.45, 2.75) is 26.9 Å². The Hall–Kier alpha value is -1.09. The van der Waals surface area contributed by atoms with Gasteiger partial charge in [0.2, 0.25) is 0 Å². The highest BCUT2D eigenvalue weighted by Crippen LogP contribution is 2.14. The molecule has 0 saturated heterocycles. The normalized spacial score (nSPS) is 11.1. The molecular formula is C14H22IN5S. The first-order valence-corrected chi connectivity index (χ1v) is 7.59. The molecule has 0 aliphatic carbocycles. The Morgan fingerprint density at radius 3 is 2.81 bits per heavy atom. The van der Waals surface area contributed by atoms with Crippen molar-refractivity contribution < 1.29 is 0 Å². The van der Waals surface area contributed by atoms with Crippen molar-refractivity contribution in [1.29, 1.82) is 0 Å². The largest absolute Gasteiger partial charge is 0.357 e. The summed E-state index contributed by atoms with van der Waals surface area (Å²) in [6, 6.07) is 2.14. The van der Waals surface area contributed by atoms with Gasteiger partial charge < -0.3 is 10.6 Å². The second-order valence-corrected chi connectivity index (χ2v) is 5.60. The molecule has 2 aromatic rings. The molecule has 0 aliphatic rings. The zero-order valence-electron chi connectivity index (χ0n) is 12.6. The fourth-order valence-electron chi connectivity index (χ4n) is 1.81. The number of aryl methyl sites for hydroxylation is 2. The predicted molar refractivity (Wildman–Crippen MR) is 99.3 cm³/mol. The Labute approximate surface area is 146 Å². The van der Waals surface area contributed by atoms with Crippen molar-refractivity contribution in [2.75, 3.05) is 6.54 Å². The van der Waals surface area contributed by atoms with Gasteiger partial charge in [0.05, 0.1) is 19.3 Å². The molecular weight excluding hydrogens is 397 g/mol. The molecule has 2 rings (SSSR count). The van der Waals surface area contributed by atoms with Crippen LogP contribution in [-0.2, 0) is 20.1 Å². The van der Waals surface area contributed by atoms with Gasteiger partial charge in [0.15, 0.2) is 5.96 Å². The molecule has 0 unspecified atom stereocenters. The van der Waals surface area contributed by atoms with Crippen molar-refractivity contribution in [3.05, 3.63) is 39.8 Å². The summed E-state index contributed by atoms with van der Waals surface area (Å²) in [5, 5.41) is 12.9. The van der Waals surface area contributed by atoms with Crippen LogP contribution in [0.25, 0.3) is 0 Å². The monoisotopic (exact) mass is 419 g/mol. The van der Waals surface area contributed by atoms with E-state index in [0.717, 1.165) is 24.6 Å². The van der Waals surface area contributed by atoms with Crippen molar-refractivity contribution >= 4 is 41.3 Å². The van der Waals surface area contributed by atoms with E-state index in [9.17, 15) is 0 Å². The summed E-state index contributed by atoms with van der Waals surface area (Å²) >= 11 is 1.77. The highest BCUT2D eigenvalue weighted by molar-refractivity contribution is 14.0. The summed E-state index contributed by atoms with van der Waals surface area (Å²) in [7, 11) is 1.91. The standard InChI is InChI=1S/C14H21N5S.HI/c1-4-15-14(16-7-12-8-18-19(3)10-12)17-9-13-11(2)5-6-20-13;/h5-6,8,10H,4,7,9H2,1-3H3,(H2,15,16,17);1H. The van der Waals surface area contributed by atoms with E-state index in [1.807, 2.05) is 19.4 Å². The van der Waals surface area contributed by atoms with Crippen LogP contribution in [0.2, 0.25) is 0 Å². The van der Waals surface area contributed by atoms with Crippen LogP contribution in [0.3, 0.4) is 0 Å². The average Bonchev–Trinajstić information content (AvgIpc) is 3.02. The van der Waals surface area contributed by atoms with Crippen LogP contribution in [-0.4, -0.2) is 22.3 Å². The summed E-state index contributed by atoms with van der Waals surface area (Å²) in [6.45, 7) is 6.49. The molecule has 0 atom stereocenters. The van der Waals surface area contributed by atoms with Gasteiger partial charge in [-0.2, -0.15) is 5.10 Å². The number of halogens is 1. The quantitative estimate of drug-likeness (QED) is 0.445. The van der Waals surface area contributed by atoms with Crippen LogP contribution in [0.1, 0.15) is 22.9 Å². The summed E-state index contributed by atoms with van der Waals surface area (Å²) in [6.07, 6.45) is 3.83. The number of aliphatic imine (C=N–C) groups is 1. The molecule has 0 aromatic carbocycles. The summed E-state index contributed by atoms with van der Waals surface area (Å²) in [5.41, 5.74) is 2.43. The van der Waals surface area contributed by atoms with Gasteiger partial charge in [0, 0.05) is 30.2 Å². The number of nitrogens with zero attached hydrogens (tertiary/aromatic N) is 3. The molecule has 2 aromatic heterocycles. The molecule has 0 radical (unpaired) electrons. The van der Waals surface area contributed by atoms with Gasteiger partial charge in [-0.25, -0.2) is 4.99 Å². The lowest BCUT2D eigenvalue weighted by atomic mass is 10.3. The Morgan fingerprint density at radius 2 is 2.24 bits per heavy atom. The third kappa shape index (κ3) is 5.66. The fraction of sp³-hybridized carbons (Fsp3) is 0.429. The molecule has 0 aliphatic heterocycles. The minimum atomic E-state index is 0. The van der Waals surface area contributed by atoms with E-state index >= 15 is 0 Å². The maximum Gasteiger partial charge on any atom is 0.191 e. The number of hydrogen-bond donors (Lipinski definition) is 2. The summed E-state index contributed by atoms with van der Waals surface area (Å²) < 4.78 is 1.79. The van der Waals surface area contributed by atoms with E-state index in [1.54, 1.807) is 16.0 Å². The maximum absolute atomic E-state index is 4.57. The predicted octanol–water partition coefficient (Wildman–Crippen LogP) is 2.66. The molecule has 5 nitrogen and oxygen atoms in total. The number of guanidine groups is 1. The number of hydrogen-bond acceptors (Lipinski definition) is 3. The van der Waals surface area contributed by atoms with Gasteiger partial charge >= 0.3 is 0 Å². The minimum Gasteiger partial charge on any atom is -0.357 e. The lowest BCUT2D eigenvalue weighted by Crippen LogP contribution is -2.36. The van der Waals surface area contributed by atoms with Gasteiger partial charge in [0.1, 0.15) is 0 Å². The SMILES string of the molecule is CCNC(=NCc1cnn(C)c1)NCc1sccc1C.I. The minimum absolute atomic E-state index is 0. The van der Waals surface area contributed by atoms with Crippen LogP contribution in [0, 0.1) is 6.92 Å². The lowest BCUT2D eigenvalue weighted by Gasteiger charge is -2.10. The van der Waals surface area contributed by atoms with Crippen LogP contribution in [0.15, 0.2) is 28.8 Å². The van der Waals surface area contributed by atoms with Gasteiger partial charge in [-0.05, 0) is 30.9 Å². The number of thiophene rings is 1. The van der Waals surface area contributed by atoms with Crippen molar-refractivity contribution in [2.24, 2.45) is 12.0 Å². The van der Waals surface area contributed by atoms with Gasteiger partial charge in [-0.1, -0.05) is 0 Å². The van der Waals surface area contributed by atoms with Crippen molar-refractivity contribution in [3.8, 4) is 0 Å². The summed E-state index contributed by atoms with van der Waals surface area (Å²) in [4.78, 5) is 5.92. The second kappa shape index (κ2) is 9.04. The molecule has 2 N–H and O–H groups in total. The van der Waals surface area contributed by atoms with Gasteiger partial charge in [-0.3, -0.25) is 4.68 Å². The van der Waals surface area contributed by atoms with Crippen molar-refractivity contribution in [3.63, 3.8) is 0 Å². The third-order valence-corrected chi connectivity index (χ3v) is 3.93. The molecule has 7 heteroatoms. The van der Waals surface area contributed by atoms with E-state index in [-0.39, 0.29) is 24.0 Å². The first-order valence-electron chi connectivity index (χ1n) is 6.71. The second-order valence-electron chi connectivity index (χ2n) is 4.60.